The second-order valence-electron chi connectivity index (χ2n) is 7.29. The van der Waals surface area contributed by atoms with Crippen molar-refractivity contribution in [3.8, 4) is 0 Å². The minimum atomic E-state index is -2.96. The molecule has 0 aromatic heterocycles. The lowest BCUT2D eigenvalue weighted by molar-refractivity contribution is -0.133. The molecule has 1 aliphatic heterocycles. The van der Waals surface area contributed by atoms with Gasteiger partial charge in [0.05, 0.1) is 18.8 Å². The molecule has 1 aromatic carbocycles. The zero-order valence-electron chi connectivity index (χ0n) is 16.4. The van der Waals surface area contributed by atoms with E-state index < -0.39 is 48.7 Å². The molecule has 2 fully saturated rings. The number of ether oxygens (including phenoxy) is 1. The molecular formula is C19H22F4N4O4. The van der Waals surface area contributed by atoms with Gasteiger partial charge in [-0.3, -0.25) is 19.3 Å². The SMILES string of the molecule is NC(=O)[C@@H](C(=O)Nc1ccc(N2CCOCC2=O)c(C(F)F)c1)N(CC(F)F)C1CC1. The van der Waals surface area contributed by atoms with Gasteiger partial charge in [-0.2, -0.15) is 0 Å². The van der Waals surface area contributed by atoms with Crippen LogP contribution in [0.4, 0.5) is 28.9 Å². The molecule has 1 atom stereocenters. The molecule has 1 heterocycles. The Morgan fingerprint density at radius 2 is 1.97 bits per heavy atom. The number of anilines is 2. The highest BCUT2D eigenvalue weighted by Gasteiger charge is 2.41. The van der Waals surface area contributed by atoms with Gasteiger partial charge < -0.3 is 20.7 Å². The number of morpholine rings is 1. The Morgan fingerprint density at radius 1 is 1.26 bits per heavy atom. The number of nitrogens with zero attached hydrogens (tertiary/aromatic N) is 2. The first-order valence-electron chi connectivity index (χ1n) is 9.63. The Balaban J connectivity index is 1.83. The van der Waals surface area contributed by atoms with Crippen LogP contribution >= 0.6 is 0 Å². The summed E-state index contributed by atoms with van der Waals surface area (Å²) in [6.45, 7) is -0.763. The number of benzene rings is 1. The molecule has 3 N–H and O–H groups in total. The molecule has 0 bridgehead atoms. The number of hydrogen-bond acceptors (Lipinski definition) is 5. The highest BCUT2D eigenvalue weighted by molar-refractivity contribution is 6.09. The summed E-state index contributed by atoms with van der Waals surface area (Å²) in [4.78, 5) is 38.7. The molecule has 3 rings (SSSR count). The van der Waals surface area contributed by atoms with Gasteiger partial charge in [-0.05, 0) is 31.0 Å². The van der Waals surface area contributed by atoms with Gasteiger partial charge in [-0.25, -0.2) is 17.6 Å². The molecule has 8 nitrogen and oxygen atoms in total. The van der Waals surface area contributed by atoms with Crippen molar-refractivity contribution in [3.05, 3.63) is 23.8 Å². The third-order valence-electron chi connectivity index (χ3n) is 5.02. The predicted octanol–water partition coefficient (Wildman–Crippen LogP) is 1.51. The molecule has 0 radical (unpaired) electrons. The quantitative estimate of drug-likeness (QED) is 0.442. The highest BCUT2D eigenvalue weighted by atomic mass is 19.3. The summed E-state index contributed by atoms with van der Waals surface area (Å²) >= 11 is 0. The number of rotatable bonds is 9. The van der Waals surface area contributed by atoms with Crippen molar-refractivity contribution in [1.29, 1.82) is 0 Å². The number of hydrogen-bond donors (Lipinski definition) is 2. The Labute approximate surface area is 175 Å². The predicted molar refractivity (Wildman–Crippen MR) is 102 cm³/mol. The fourth-order valence-corrected chi connectivity index (χ4v) is 3.51. The second-order valence-corrected chi connectivity index (χ2v) is 7.29. The van der Waals surface area contributed by atoms with Gasteiger partial charge in [0.25, 0.3) is 24.7 Å². The maximum atomic E-state index is 13.7. The van der Waals surface area contributed by atoms with Crippen LogP contribution < -0.4 is 16.0 Å². The van der Waals surface area contributed by atoms with Crippen molar-refractivity contribution < 1.29 is 36.7 Å². The molecule has 31 heavy (non-hydrogen) atoms. The van der Waals surface area contributed by atoms with Gasteiger partial charge >= 0.3 is 0 Å². The van der Waals surface area contributed by atoms with Crippen LogP contribution in [-0.4, -0.2) is 67.4 Å². The average Bonchev–Trinajstić information content (AvgIpc) is 3.52. The lowest BCUT2D eigenvalue weighted by atomic mass is 10.1. The minimum absolute atomic E-state index is 0.0231. The minimum Gasteiger partial charge on any atom is -0.370 e. The first-order valence-corrected chi connectivity index (χ1v) is 9.63. The number of primary amides is 1. The summed E-state index contributed by atoms with van der Waals surface area (Å²) in [5.74, 6) is -2.59. The summed E-state index contributed by atoms with van der Waals surface area (Å²) < 4.78 is 58.2. The van der Waals surface area contributed by atoms with Crippen molar-refractivity contribution >= 4 is 29.1 Å². The van der Waals surface area contributed by atoms with E-state index in [2.05, 4.69) is 5.32 Å². The third-order valence-corrected chi connectivity index (χ3v) is 5.02. The fourth-order valence-electron chi connectivity index (χ4n) is 3.51. The van der Waals surface area contributed by atoms with Gasteiger partial charge in [0.2, 0.25) is 5.91 Å². The largest absolute Gasteiger partial charge is 0.370 e. The van der Waals surface area contributed by atoms with Crippen LogP contribution in [0.2, 0.25) is 0 Å². The summed E-state index contributed by atoms with van der Waals surface area (Å²) in [7, 11) is 0. The topological polar surface area (TPSA) is 105 Å². The monoisotopic (exact) mass is 446 g/mol. The van der Waals surface area contributed by atoms with Crippen LogP contribution in [0, 0.1) is 0 Å². The van der Waals surface area contributed by atoms with Gasteiger partial charge in [0.1, 0.15) is 6.61 Å². The van der Waals surface area contributed by atoms with Crippen molar-refractivity contribution in [3.63, 3.8) is 0 Å². The Bertz CT molecular complexity index is 850. The van der Waals surface area contributed by atoms with E-state index in [0.717, 1.165) is 11.0 Å². The van der Waals surface area contributed by atoms with E-state index in [1.807, 2.05) is 0 Å². The number of amides is 3. The normalized spacial score (nSPS) is 18.0. The lowest BCUT2D eigenvalue weighted by Gasteiger charge is -2.29. The van der Waals surface area contributed by atoms with Gasteiger partial charge in [0.15, 0.2) is 6.04 Å². The zero-order chi connectivity index (χ0) is 22.7. The van der Waals surface area contributed by atoms with E-state index in [9.17, 15) is 31.9 Å². The maximum absolute atomic E-state index is 13.7. The summed E-state index contributed by atoms with van der Waals surface area (Å²) in [5, 5.41) is 2.31. The van der Waals surface area contributed by atoms with Crippen LogP contribution in [0.1, 0.15) is 24.8 Å². The molecule has 0 unspecified atom stereocenters. The van der Waals surface area contributed by atoms with E-state index in [1.165, 1.54) is 17.0 Å². The molecule has 3 amide bonds. The van der Waals surface area contributed by atoms with E-state index >= 15 is 0 Å². The maximum Gasteiger partial charge on any atom is 0.265 e. The molecule has 1 aliphatic carbocycles. The van der Waals surface area contributed by atoms with Crippen molar-refractivity contribution in [2.45, 2.75) is 37.8 Å². The summed E-state index contributed by atoms with van der Waals surface area (Å²) in [5.41, 5.74) is 4.68. The number of carbonyl (C=O) groups excluding carboxylic acids is 3. The molecule has 2 aliphatic rings. The standard InChI is InChI=1S/C19H22F4N4O4/c20-14(21)8-27(11-2-3-11)16(18(24)29)19(30)25-10-1-4-13(12(7-10)17(22)23)26-5-6-31-9-15(26)28/h1,4,7,11,14,16-17H,2-3,5-6,8-9H2,(H2,24,29)(H,25,30)/t16-/m0/s1. The number of carbonyl (C=O) groups is 3. The summed E-state index contributed by atoms with van der Waals surface area (Å²) in [6, 6.07) is 1.47. The zero-order valence-corrected chi connectivity index (χ0v) is 16.4. The van der Waals surface area contributed by atoms with E-state index in [0.29, 0.717) is 12.8 Å². The Kier molecular flexibility index (Phi) is 7.11. The number of nitrogens with two attached hydrogens (primary N) is 1. The van der Waals surface area contributed by atoms with E-state index in [4.69, 9.17) is 10.5 Å². The van der Waals surface area contributed by atoms with Gasteiger partial charge in [-0.15, -0.1) is 0 Å². The van der Waals surface area contributed by atoms with E-state index in [1.54, 1.807) is 0 Å². The van der Waals surface area contributed by atoms with Crippen molar-refractivity contribution in [2.24, 2.45) is 5.73 Å². The van der Waals surface area contributed by atoms with Crippen molar-refractivity contribution in [2.75, 3.05) is 36.5 Å². The first kappa shape index (κ1) is 22.9. The molecular weight excluding hydrogens is 424 g/mol. The van der Waals surface area contributed by atoms with E-state index in [-0.39, 0.29) is 37.2 Å². The summed E-state index contributed by atoms with van der Waals surface area (Å²) in [6.07, 6.45) is -4.66. The Hall–Kier alpha value is -2.73. The van der Waals surface area contributed by atoms with Gasteiger partial charge in [0, 0.05) is 23.8 Å². The first-order chi connectivity index (χ1) is 14.7. The van der Waals surface area contributed by atoms with Crippen molar-refractivity contribution in [1.82, 2.24) is 4.90 Å². The fraction of sp³-hybridized carbons (Fsp3) is 0.526. The van der Waals surface area contributed by atoms with Crippen LogP contribution in [0.25, 0.3) is 0 Å². The van der Waals surface area contributed by atoms with Crippen LogP contribution in [0.5, 0.6) is 0 Å². The molecule has 12 heteroatoms. The number of alkyl halides is 4. The molecule has 1 aromatic rings. The number of nitrogens with one attached hydrogen (secondary N) is 1. The molecule has 0 spiro atoms. The lowest BCUT2D eigenvalue weighted by Crippen LogP contribution is -2.54. The van der Waals surface area contributed by atoms with Crippen LogP contribution in [0.3, 0.4) is 0 Å². The number of halogens is 4. The smallest absolute Gasteiger partial charge is 0.265 e. The highest BCUT2D eigenvalue weighted by Crippen LogP contribution is 2.34. The molecule has 1 saturated carbocycles. The van der Waals surface area contributed by atoms with Gasteiger partial charge in [-0.1, -0.05) is 0 Å². The van der Waals surface area contributed by atoms with Crippen LogP contribution in [-0.2, 0) is 19.1 Å². The average molecular weight is 446 g/mol. The second kappa shape index (κ2) is 9.60. The Morgan fingerprint density at radius 3 is 2.52 bits per heavy atom. The van der Waals surface area contributed by atoms with Crippen LogP contribution in [0.15, 0.2) is 18.2 Å². The third kappa shape index (κ3) is 5.50. The molecule has 1 saturated heterocycles. The molecule has 170 valence electrons.